The van der Waals surface area contributed by atoms with Crippen molar-refractivity contribution >= 4 is 35.0 Å². The Morgan fingerprint density at radius 3 is 2.33 bits per heavy atom. The van der Waals surface area contributed by atoms with Gasteiger partial charge in [0.15, 0.2) is 0 Å². The summed E-state index contributed by atoms with van der Waals surface area (Å²) in [5, 5.41) is 2.94. The number of benzene rings is 2. The molecule has 3 aromatic rings. The van der Waals surface area contributed by atoms with Crippen LogP contribution in [0.2, 0.25) is 5.02 Å². The lowest BCUT2D eigenvalue weighted by molar-refractivity contribution is -0.115. The van der Waals surface area contributed by atoms with Crippen molar-refractivity contribution in [1.82, 2.24) is 4.98 Å². The summed E-state index contributed by atoms with van der Waals surface area (Å²) < 4.78 is 0. The van der Waals surface area contributed by atoms with Gasteiger partial charge in [0.25, 0.3) is 0 Å². The monoisotopic (exact) mass is 354 g/mol. The Hall–Kier alpha value is -2.30. The predicted octanol–water partition coefficient (Wildman–Crippen LogP) is 5.21. The highest BCUT2D eigenvalue weighted by Crippen LogP contribution is 2.36. The van der Waals surface area contributed by atoms with Gasteiger partial charge in [-0.05, 0) is 23.8 Å². The summed E-state index contributed by atoms with van der Waals surface area (Å²) in [6, 6.07) is 21.3. The molecule has 1 aromatic heterocycles. The predicted molar refractivity (Wildman–Crippen MR) is 99.4 cm³/mol. The fourth-order valence-corrected chi connectivity index (χ4v) is 3.42. The molecule has 0 spiro atoms. The van der Waals surface area contributed by atoms with E-state index in [1.54, 1.807) is 12.3 Å². The highest BCUT2D eigenvalue weighted by molar-refractivity contribution is 8.00. The minimum absolute atomic E-state index is 0.122. The van der Waals surface area contributed by atoms with Crippen molar-refractivity contribution < 1.29 is 4.79 Å². The van der Waals surface area contributed by atoms with Crippen LogP contribution in [0.1, 0.15) is 10.8 Å². The molecule has 0 fully saturated rings. The number of hydrogen-bond acceptors (Lipinski definition) is 3. The number of halogens is 1. The number of aromatic nitrogens is 1. The zero-order valence-electron chi connectivity index (χ0n) is 12.7. The summed E-state index contributed by atoms with van der Waals surface area (Å²) >= 11 is 7.60. The molecule has 0 saturated heterocycles. The van der Waals surface area contributed by atoms with Crippen molar-refractivity contribution in [2.45, 2.75) is 10.1 Å². The van der Waals surface area contributed by atoms with Crippen molar-refractivity contribution in [3.05, 3.63) is 89.7 Å². The van der Waals surface area contributed by atoms with E-state index in [2.05, 4.69) is 10.3 Å². The van der Waals surface area contributed by atoms with Gasteiger partial charge in [-0.25, -0.2) is 0 Å². The summed E-state index contributed by atoms with van der Waals surface area (Å²) in [5.41, 5.74) is 1.50. The van der Waals surface area contributed by atoms with Gasteiger partial charge in [-0.1, -0.05) is 60.1 Å². The number of nitrogens with zero attached hydrogens (tertiary/aromatic N) is 1. The average molecular weight is 355 g/mol. The van der Waals surface area contributed by atoms with E-state index in [0.717, 1.165) is 10.5 Å². The molecular formula is C19H15ClN2OS. The molecule has 1 atom stereocenters. The van der Waals surface area contributed by atoms with Crippen LogP contribution in [0.15, 0.2) is 84.0 Å². The van der Waals surface area contributed by atoms with E-state index in [4.69, 9.17) is 11.6 Å². The molecule has 0 aliphatic carbocycles. The molecule has 1 heterocycles. The molecule has 0 aliphatic heterocycles. The molecule has 3 rings (SSSR count). The van der Waals surface area contributed by atoms with Gasteiger partial charge in [0.05, 0.1) is 10.7 Å². The summed E-state index contributed by atoms with van der Waals surface area (Å²) in [7, 11) is 0. The fraction of sp³-hybridized carbons (Fsp3) is 0.0526. The van der Waals surface area contributed by atoms with Crippen molar-refractivity contribution in [2.75, 3.05) is 5.32 Å². The number of amides is 1. The van der Waals surface area contributed by atoms with Crippen molar-refractivity contribution in [3.63, 3.8) is 0 Å². The molecule has 5 heteroatoms. The van der Waals surface area contributed by atoms with Crippen LogP contribution in [0, 0.1) is 0 Å². The molecule has 1 amide bonds. The minimum atomic E-state index is -0.377. The van der Waals surface area contributed by atoms with Crippen LogP contribution in [0.4, 0.5) is 5.69 Å². The van der Waals surface area contributed by atoms with Crippen LogP contribution in [-0.4, -0.2) is 10.9 Å². The molecule has 0 aliphatic rings. The zero-order chi connectivity index (χ0) is 16.8. The first-order chi connectivity index (χ1) is 11.7. The molecule has 1 unspecified atom stereocenters. The van der Waals surface area contributed by atoms with E-state index in [1.807, 2.05) is 60.7 Å². The molecule has 0 bridgehead atoms. The van der Waals surface area contributed by atoms with E-state index in [-0.39, 0.29) is 11.2 Å². The largest absolute Gasteiger partial charge is 0.323 e. The van der Waals surface area contributed by atoms with Crippen molar-refractivity contribution in [3.8, 4) is 0 Å². The number of thioether (sulfide) groups is 1. The lowest BCUT2D eigenvalue weighted by Crippen LogP contribution is -2.19. The van der Waals surface area contributed by atoms with Crippen LogP contribution in [0.5, 0.6) is 0 Å². The average Bonchev–Trinajstić information content (AvgIpc) is 2.63. The number of hydrogen-bond donors (Lipinski definition) is 1. The Labute approximate surface area is 150 Å². The Balaban J connectivity index is 1.87. The maximum Gasteiger partial charge on any atom is 0.242 e. The van der Waals surface area contributed by atoms with Crippen LogP contribution in [0.3, 0.4) is 0 Å². The third kappa shape index (κ3) is 4.16. The number of carbonyl (C=O) groups excluding carboxylic acids is 1. The van der Waals surface area contributed by atoms with Crippen molar-refractivity contribution in [1.29, 1.82) is 0 Å². The second-order valence-corrected chi connectivity index (χ2v) is 6.65. The van der Waals surface area contributed by atoms with Gasteiger partial charge in [-0.2, -0.15) is 0 Å². The molecule has 120 valence electrons. The number of pyridine rings is 1. The molecular weight excluding hydrogens is 340 g/mol. The van der Waals surface area contributed by atoms with Gasteiger partial charge in [-0.3, -0.25) is 9.78 Å². The Bertz CT molecular complexity index is 812. The van der Waals surface area contributed by atoms with E-state index in [1.165, 1.54) is 18.0 Å². The molecule has 0 radical (unpaired) electrons. The quantitative estimate of drug-likeness (QED) is 0.640. The van der Waals surface area contributed by atoms with Gasteiger partial charge in [0, 0.05) is 17.3 Å². The lowest BCUT2D eigenvalue weighted by atomic mass is 10.1. The fourth-order valence-electron chi connectivity index (χ4n) is 2.21. The first-order valence-electron chi connectivity index (χ1n) is 7.41. The lowest BCUT2D eigenvalue weighted by Gasteiger charge is -2.17. The zero-order valence-corrected chi connectivity index (χ0v) is 14.3. The standard InChI is InChI=1S/C19H15ClN2OS/c20-16-13-21-12-11-17(16)22-19(23)18(14-7-3-1-4-8-14)24-15-9-5-2-6-10-15/h1-13,18H,(H,21,22,23). The third-order valence-electron chi connectivity index (χ3n) is 3.37. The Morgan fingerprint density at radius 2 is 1.67 bits per heavy atom. The van der Waals surface area contributed by atoms with Crippen LogP contribution in [0.25, 0.3) is 0 Å². The van der Waals surface area contributed by atoms with E-state index < -0.39 is 0 Å². The number of carbonyl (C=O) groups is 1. The smallest absolute Gasteiger partial charge is 0.242 e. The number of anilines is 1. The molecule has 1 N–H and O–H groups in total. The van der Waals surface area contributed by atoms with Crippen molar-refractivity contribution in [2.24, 2.45) is 0 Å². The second-order valence-electron chi connectivity index (χ2n) is 5.07. The van der Waals surface area contributed by atoms with E-state index >= 15 is 0 Å². The van der Waals surface area contributed by atoms with Gasteiger partial charge >= 0.3 is 0 Å². The second kappa shape index (κ2) is 7.99. The maximum atomic E-state index is 12.9. The van der Waals surface area contributed by atoms with Gasteiger partial charge < -0.3 is 5.32 Å². The number of rotatable bonds is 5. The summed E-state index contributed by atoms with van der Waals surface area (Å²) in [6.45, 7) is 0. The minimum Gasteiger partial charge on any atom is -0.323 e. The molecule has 3 nitrogen and oxygen atoms in total. The van der Waals surface area contributed by atoms with Gasteiger partial charge in [0.2, 0.25) is 5.91 Å². The van der Waals surface area contributed by atoms with Crippen LogP contribution in [-0.2, 0) is 4.79 Å². The topological polar surface area (TPSA) is 42.0 Å². The van der Waals surface area contributed by atoms with E-state index in [0.29, 0.717) is 10.7 Å². The highest BCUT2D eigenvalue weighted by atomic mass is 35.5. The molecule has 0 saturated carbocycles. The number of nitrogens with one attached hydrogen (secondary N) is 1. The normalized spacial score (nSPS) is 11.7. The Kier molecular flexibility index (Phi) is 5.51. The summed E-state index contributed by atoms with van der Waals surface area (Å²) in [6.07, 6.45) is 3.11. The Morgan fingerprint density at radius 1 is 1.00 bits per heavy atom. The first kappa shape index (κ1) is 16.6. The maximum absolute atomic E-state index is 12.9. The van der Waals surface area contributed by atoms with Gasteiger partial charge in [-0.15, -0.1) is 11.8 Å². The van der Waals surface area contributed by atoms with Crippen LogP contribution < -0.4 is 5.32 Å². The van der Waals surface area contributed by atoms with Gasteiger partial charge in [0.1, 0.15) is 5.25 Å². The third-order valence-corrected chi connectivity index (χ3v) is 4.94. The van der Waals surface area contributed by atoms with E-state index in [9.17, 15) is 4.79 Å². The summed E-state index contributed by atoms with van der Waals surface area (Å²) in [4.78, 5) is 17.8. The highest BCUT2D eigenvalue weighted by Gasteiger charge is 2.22. The molecule has 24 heavy (non-hydrogen) atoms. The van der Waals surface area contributed by atoms with Crippen LogP contribution >= 0.6 is 23.4 Å². The SMILES string of the molecule is O=C(Nc1ccncc1Cl)C(Sc1ccccc1)c1ccccc1. The molecule has 2 aromatic carbocycles. The first-order valence-corrected chi connectivity index (χ1v) is 8.67. The summed E-state index contributed by atoms with van der Waals surface area (Å²) in [5.74, 6) is -0.122.